The van der Waals surface area contributed by atoms with Crippen molar-refractivity contribution in [1.29, 1.82) is 0 Å². The highest BCUT2D eigenvalue weighted by molar-refractivity contribution is 7.26. The Hall–Kier alpha value is -7.14. The van der Waals surface area contributed by atoms with Crippen molar-refractivity contribution in [2.75, 3.05) is 9.80 Å². The van der Waals surface area contributed by atoms with Crippen LogP contribution in [0.25, 0.3) is 53.6 Å². The van der Waals surface area contributed by atoms with E-state index >= 15 is 0 Å². The van der Waals surface area contributed by atoms with E-state index in [0.717, 1.165) is 11.4 Å². The van der Waals surface area contributed by atoms with Crippen molar-refractivity contribution in [1.82, 2.24) is 0 Å². The fourth-order valence-electron chi connectivity index (χ4n) is 11.2. The summed E-state index contributed by atoms with van der Waals surface area (Å²) in [5.74, 6) is 0. The third-order valence-corrected chi connectivity index (χ3v) is 16.2. The normalized spacial score (nSPS) is 13.4. The molecule has 0 amide bonds. The second kappa shape index (κ2) is 16.2. The number of anilines is 6. The predicted molar refractivity (Wildman–Crippen MR) is 306 cm³/mol. The first kappa shape index (κ1) is 44.1. The first-order valence-corrected chi connectivity index (χ1v) is 25.8. The molecule has 2 aliphatic heterocycles. The molecule has 2 aliphatic rings. The van der Waals surface area contributed by atoms with Crippen LogP contribution in [0, 0.1) is 0 Å². The van der Waals surface area contributed by atoms with Crippen molar-refractivity contribution >= 4 is 88.7 Å². The van der Waals surface area contributed by atoms with Crippen LogP contribution in [0.4, 0.5) is 34.1 Å². The van der Waals surface area contributed by atoms with Gasteiger partial charge in [0.25, 0.3) is 6.71 Å². The molecular weight excluding hydrogens is 864 g/mol. The minimum absolute atomic E-state index is 0.0132. The Bertz CT molecular complexity index is 3660. The van der Waals surface area contributed by atoms with Gasteiger partial charge in [-0.15, -0.1) is 11.3 Å². The van der Waals surface area contributed by atoms with Gasteiger partial charge in [0.05, 0.1) is 17.1 Å². The van der Waals surface area contributed by atoms with Crippen molar-refractivity contribution in [2.45, 2.75) is 78.6 Å². The van der Waals surface area contributed by atoms with E-state index < -0.39 is 0 Å². The van der Waals surface area contributed by atoms with E-state index in [2.05, 4.69) is 266 Å². The summed E-state index contributed by atoms with van der Waals surface area (Å²) in [5.41, 5.74) is 22.3. The second-order valence-corrected chi connectivity index (χ2v) is 23.6. The molecule has 0 saturated carbocycles. The van der Waals surface area contributed by atoms with Crippen LogP contribution in [0.15, 0.2) is 194 Å². The van der Waals surface area contributed by atoms with Crippen molar-refractivity contribution in [3.05, 3.63) is 211 Å². The first-order valence-electron chi connectivity index (χ1n) is 25.0. The van der Waals surface area contributed by atoms with Crippen LogP contribution in [0.1, 0.15) is 79.0 Å². The predicted octanol–water partition coefficient (Wildman–Crippen LogP) is 17.0. The van der Waals surface area contributed by atoms with E-state index in [0.29, 0.717) is 0 Å². The molecule has 12 rings (SSSR count). The molecule has 0 saturated heterocycles. The number of fused-ring (bicyclic) bond motifs is 7. The van der Waals surface area contributed by atoms with Gasteiger partial charge in [0, 0.05) is 59.5 Å². The van der Waals surface area contributed by atoms with Crippen molar-refractivity contribution < 1.29 is 0 Å². The lowest BCUT2D eigenvalue weighted by Crippen LogP contribution is -2.62. The van der Waals surface area contributed by atoms with Crippen LogP contribution in [-0.4, -0.2) is 6.71 Å². The molecular formula is C66H59BN2S. The summed E-state index contributed by atoms with van der Waals surface area (Å²) < 4.78 is 2.62. The lowest BCUT2D eigenvalue weighted by molar-refractivity contribution is 0.590. The van der Waals surface area contributed by atoms with Gasteiger partial charge in [0.2, 0.25) is 0 Å². The highest BCUT2D eigenvalue weighted by Crippen LogP contribution is 2.54. The summed E-state index contributed by atoms with van der Waals surface area (Å²) in [6.07, 6.45) is 0. The molecule has 0 atom stereocenters. The Balaban J connectivity index is 1.27. The third-order valence-electron chi connectivity index (χ3n) is 14.9. The minimum atomic E-state index is -0.0790. The molecule has 0 unspecified atom stereocenters. The van der Waals surface area contributed by atoms with Crippen LogP contribution in [0.2, 0.25) is 0 Å². The molecule has 0 fully saturated rings. The molecule has 342 valence electrons. The Morgan fingerprint density at radius 3 is 1.46 bits per heavy atom. The number of hydrogen-bond donors (Lipinski definition) is 0. The Morgan fingerprint density at radius 1 is 0.371 bits per heavy atom. The van der Waals surface area contributed by atoms with Crippen molar-refractivity contribution in [3.8, 4) is 33.4 Å². The van der Waals surface area contributed by atoms with E-state index in [1.807, 2.05) is 11.3 Å². The fraction of sp³-hybridized carbons (Fsp3) is 0.182. The smallest absolute Gasteiger partial charge is 0.252 e. The molecule has 0 bridgehead atoms. The lowest BCUT2D eigenvalue weighted by atomic mass is 9.32. The van der Waals surface area contributed by atoms with Crippen molar-refractivity contribution in [3.63, 3.8) is 0 Å². The number of para-hydroxylation sites is 1. The summed E-state index contributed by atoms with van der Waals surface area (Å²) in [5, 5.41) is 2.61. The Kier molecular flexibility index (Phi) is 10.2. The van der Waals surface area contributed by atoms with Crippen molar-refractivity contribution in [2.24, 2.45) is 0 Å². The molecule has 4 heteroatoms. The maximum atomic E-state index is 2.66. The van der Waals surface area contributed by atoms with E-state index in [9.17, 15) is 0 Å². The monoisotopic (exact) mass is 922 g/mol. The molecule has 2 nitrogen and oxygen atoms in total. The van der Waals surface area contributed by atoms with Gasteiger partial charge in [-0.1, -0.05) is 214 Å². The lowest BCUT2D eigenvalue weighted by Gasteiger charge is -2.47. The summed E-state index contributed by atoms with van der Waals surface area (Å²) in [4.78, 5) is 5.27. The molecule has 0 N–H and O–H groups in total. The average molecular weight is 923 g/mol. The highest BCUT2D eigenvalue weighted by Gasteiger charge is 2.47. The van der Waals surface area contributed by atoms with Crippen LogP contribution < -0.4 is 26.2 Å². The average Bonchev–Trinajstić information content (AvgIpc) is 3.75. The summed E-state index contributed by atoms with van der Waals surface area (Å²) in [7, 11) is 0. The van der Waals surface area contributed by atoms with E-state index in [-0.39, 0.29) is 23.0 Å². The molecule has 0 spiro atoms. The molecule has 10 aromatic rings. The van der Waals surface area contributed by atoms with E-state index in [4.69, 9.17) is 0 Å². The standard InChI is InChI=1S/C66H59BN2S/c1-64(2,3)44-31-35-47(36-32-44)68-57-37-33-45(65(4,5)6)39-54(57)67-55-40-46(66(7,8)9)34-38-58(55)69(56-29-18-16-25-48(56)50-27-20-28-51-49-26-17-19-30-59(49)70-63(50)51)62-53(43-23-14-11-15-24-43)41-52(61(68)60(62)67)42-21-12-10-13-22-42/h10-41H,1-9H3. The summed E-state index contributed by atoms with van der Waals surface area (Å²) >= 11 is 1.90. The van der Waals surface area contributed by atoms with Crippen LogP contribution in [0.5, 0.6) is 0 Å². The topological polar surface area (TPSA) is 6.48 Å². The van der Waals surface area contributed by atoms with Gasteiger partial charge in [0.15, 0.2) is 0 Å². The highest BCUT2D eigenvalue weighted by atomic mass is 32.1. The van der Waals surface area contributed by atoms with Crippen LogP contribution in [-0.2, 0) is 16.2 Å². The van der Waals surface area contributed by atoms with Crippen LogP contribution in [0.3, 0.4) is 0 Å². The molecule has 9 aromatic carbocycles. The zero-order valence-corrected chi connectivity index (χ0v) is 42.7. The van der Waals surface area contributed by atoms with Gasteiger partial charge < -0.3 is 9.80 Å². The van der Waals surface area contributed by atoms with E-state index in [1.54, 1.807) is 0 Å². The second-order valence-electron chi connectivity index (χ2n) is 22.6. The first-order chi connectivity index (χ1) is 33.6. The quantitative estimate of drug-likeness (QED) is 0.159. The van der Waals surface area contributed by atoms with E-state index in [1.165, 1.54) is 109 Å². The molecule has 0 aliphatic carbocycles. The molecule has 70 heavy (non-hydrogen) atoms. The van der Waals surface area contributed by atoms with Crippen LogP contribution >= 0.6 is 11.3 Å². The number of thiophene rings is 1. The zero-order valence-electron chi connectivity index (χ0n) is 41.9. The molecule has 1 aromatic heterocycles. The fourth-order valence-corrected chi connectivity index (χ4v) is 12.5. The number of nitrogens with zero attached hydrogens (tertiary/aromatic N) is 2. The van der Waals surface area contributed by atoms with Gasteiger partial charge in [-0.3, -0.25) is 0 Å². The molecule has 0 radical (unpaired) electrons. The van der Waals surface area contributed by atoms with Gasteiger partial charge in [0.1, 0.15) is 0 Å². The number of rotatable bonds is 5. The zero-order chi connectivity index (χ0) is 48.3. The number of benzene rings is 9. The largest absolute Gasteiger partial charge is 0.311 e. The molecule has 3 heterocycles. The Labute approximate surface area is 419 Å². The Morgan fingerprint density at radius 2 is 0.857 bits per heavy atom. The summed E-state index contributed by atoms with van der Waals surface area (Å²) in [6.45, 7) is 20.9. The van der Waals surface area contributed by atoms with Gasteiger partial charge >= 0.3 is 0 Å². The maximum absolute atomic E-state index is 2.66. The van der Waals surface area contributed by atoms with Gasteiger partial charge in [-0.25, -0.2) is 0 Å². The maximum Gasteiger partial charge on any atom is 0.252 e. The van der Waals surface area contributed by atoms with Gasteiger partial charge in [-0.2, -0.15) is 0 Å². The minimum Gasteiger partial charge on any atom is -0.311 e. The van der Waals surface area contributed by atoms with Gasteiger partial charge in [-0.05, 0) is 103 Å². The number of hydrogen-bond acceptors (Lipinski definition) is 3. The third kappa shape index (κ3) is 7.13. The summed E-state index contributed by atoms with van der Waals surface area (Å²) in [6, 6.07) is 73.9. The SMILES string of the molecule is CC(C)(C)c1ccc(N2c3ccc(C(C)(C)C)cc3B3c4cc(C(C)(C)C)ccc4N(c4ccccc4-c4cccc5c4sc4ccccc45)c4c(-c5ccccc5)cc(-c5ccccc5)c2c43)cc1.